The number of hydrogen-bond acceptors (Lipinski definition) is 3. The molecule has 2 N–H and O–H groups in total. The number of benzene rings is 1. The Kier molecular flexibility index (Phi) is 5.40. The standard InChI is InChI=1S/C14H19BrN2O3S/c1-10(11-2-3-11)17-14(18)8-9-16-21(19,20)13-6-4-12(15)5-7-13/h4-7,10-11,16H,2-3,8-9H2,1H3,(H,17,18). The smallest absolute Gasteiger partial charge is 0.240 e. The van der Waals surface area contributed by atoms with Crippen LogP contribution in [-0.4, -0.2) is 26.9 Å². The summed E-state index contributed by atoms with van der Waals surface area (Å²) in [5.74, 6) is 0.473. The van der Waals surface area contributed by atoms with E-state index in [1.54, 1.807) is 12.1 Å². The van der Waals surface area contributed by atoms with Crippen LogP contribution in [0.25, 0.3) is 0 Å². The summed E-state index contributed by atoms with van der Waals surface area (Å²) in [7, 11) is -3.56. The maximum atomic E-state index is 12.0. The molecule has 1 aliphatic carbocycles. The first-order valence-electron chi connectivity index (χ1n) is 6.93. The zero-order chi connectivity index (χ0) is 15.5. The highest BCUT2D eigenvalue weighted by Gasteiger charge is 2.28. The van der Waals surface area contributed by atoms with E-state index < -0.39 is 10.0 Å². The summed E-state index contributed by atoms with van der Waals surface area (Å²) in [5, 5.41) is 2.90. The van der Waals surface area contributed by atoms with Gasteiger partial charge in [-0.2, -0.15) is 0 Å². The third-order valence-electron chi connectivity index (χ3n) is 3.49. The molecule has 0 bridgehead atoms. The lowest BCUT2D eigenvalue weighted by molar-refractivity contribution is -0.121. The fourth-order valence-corrected chi connectivity index (χ4v) is 3.33. The number of carbonyl (C=O) groups excluding carboxylic acids is 1. The van der Waals surface area contributed by atoms with Crippen molar-refractivity contribution in [2.45, 2.75) is 37.1 Å². The number of hydrogen-bond donors (Lipinski definition) is 2. The zero-order valence-corrected chi connectivity index (χ0v) is 14.2. The predicted octanol–water partition coefficient (Wildman–Crippen LogP) is 2.03. The van der Waals surface area contributed by atoms with E-state index in [2.05, 4.69) is 26.0 Å². The minimum Gasteiger partial charge on any atom is -0.353 e. The lowest BCUT2D eigenvalue weighted by Crippen LogP contribution is -2.36. The normalized spacial score (nSPS) is 16.5. The maximum absolute atomic E-state index is 12.0. The monoisotopic (exact) mass is 374 g/mol. The Labute approximate surface area is 133 Å². The highest BCUT2D eigenvalue weighted by Crippen LogP contribution is 2.32. The summed E-state index contributed by atoms with van der Waals surface area (Å²) in [4.78, 5) is 11.9. The van der Waals surface area contributed by atoms with E-state index in [0.717, 1.165) is 17.3 Å². The van der Waals surface area contributed by atoms with Gasteiger partial charge >= 0.3 is 0 Å². The largest absolute Gasteiger partial charge is 0.353 e. The van der Waals surface area contributed by atoms with Crippen molar-refractivity contribution in [1.29, 1.82) is 0 Å². The third kappa shape index (κ3) is 5.09. The Bertz CT molecular complexity index is 597. The highest BCUT2D eigenvalue weighted by molar-refractivity contribution is 9.10. The molecule has 2 rings (SSSR count). The molecule has 1 aliphatic rings. The second-order valence-corrected chi connectivity index (χ2v) is 7.98. The maximum Gasteiger partial charge on any atom is 0.240 e. The molecular formula is C14H19BrN2O3S. The fourth-order valence-electron chi connectivity index (χ4n) is 2.04. The van der Waals surface area contributed by atoms with E-state index in [-0.39, 0.29) is 29.8 Å². The van der Waals surface area contributed by atoms with Gasteiger partial charge < -0.3 is 5.32 Å². The SMILES string of the molecule is CC(NC(=O)CCNS(=O)(=O)c1ccc(Br)cc1)C1CC1. The molecular weight excluding hydrogens is 356 g/mol. The lowest BCUT2D eigenvalue weighted by Gasteiger charge is -2.13. The van der Waals surface area contributed by atoms with Gasteiger partial charge in [-0.1, -0.05) is 15.9 Å². The predicted molar refractivity (Wildman–Crippen MR) is 84.3 cm³/mol. The number of halogens is 1. The molecule has 0 heterocycles. The Balaban J connectivity index is 1.78. The van der Waals surface area contributed by atoms with E-state index in [1.807, 2.05) is 6.92 Å². The van der Waals surface area contributed by atoms with Crippen LogP contribution in [0.2, 0.25) is 0 Å². The Morgan fingerprint density at radius 1 is 1.33 bits per heavy atom. The van der Waals surface area contributed by atoms with Crippen molar-refractivity contribution in [3.63, 3.8) is 0 Å². The number of carbonyl (C=O) groups is 1. The quantitative estimate of drug-likeness (QED) is 0.766. The summed E-state index contributed by atoms with van der Waals surface area (Å²) in [6, 6.07) is 6.54. The molecule has 21 heavy (non-hydrogen) atoms. The fraction of sp³-hybridized carbons (Fsp3) is 0.500. The van der Waals surface area contributed by atoms with E-state index >= 15 is 0 Å². The van der Waals surface area contributed by atoms with E-state index in [1.165, 1.54) is 12.1 Å². The van der Waals surface area contributed by atoms with Crippen molar-refractivity contribution in [2.24, 2.45) is 5.92 Å². The van der Waals surface area contributed by atoms with Crippen LogP contribution in [0, 0.1) is 5.92 Å². The van der Waals surface area contributed by atoms with Gasteiger partial charge in [-0.3, -0.25) is 4.79 Å². The van der Waals surface area contributed by atoms with Crippen molar-refractivity contribution in [3.05, 3.63) is 28.7 Å². The Morgan fingerprint density at radius 3 is 2.52 bits per heavy atom. The first kappa shape index (κ1) is 16.5. The first-order valence-corrected chi connectivity index (χ1v) is 9.21. The van der Waals surface area contributed by atoms with E-state index in [9.17, 15) is 13.2 Å². The van der Waals surface area contributed by atoms with Crippen molar-refractivity contribution < 1.29 is 13.2 Å². The molecule has 1 aromatic rings. The zero-order valence-electron chi connectivity index (χ0n) is 11.8. The summed E-state index contributed by atoms with van der Waals surface area (Å²) in [6.45, 7) is 2.09. The van der Waals surface area contributed by atoms with Crippen LogP contribution in [-0.2, 0) is 14.8 Å². The second-order valence-electron chi connectivity index (χ2n) is 5.30. The first-order chi connectivity index (χ1) is 9.88. The number of sulfonamides is 1. The molecule has 1 atom stereocenters. The topological polar surface area (TPSA) is 75.3 Å². The van der Waals surface area contributed by atoms with Gasteiger partial charge in [0.25, 0.3) is 0 Å². The minimum atomic E-state index is -3.56. The highest BCUT2D eigenvalue weighted by atomic mass is 79.9. The summed E-state index contributed by atoms with van der Waals surface area (Å²) in [5.41, 5.74) is 0. The van der Waals surface area contributed by atoms with Gasteiger partial charge in [0, 0.05) is 23.5 Å². The van der Waals surface area contributed by atoms with Crippen LogP contribution in [0.4, 0.5) is 0 Å². The Morgan fingerprint density at radius 2 is 1.95 bits per heavy atom. The molecule has 5 nitrogen and oxygen atoms in total. The molecule has 1 fully saturated rings. The van der Waals surface area contributed by atoms with Gasteiger partial charge in [-0.15, -0.1) is 0 Å². The second kappa shape index (κ2) is 6.89. The van der Waals surface area contributed by atoms with E-state index in [0.29, 0.717) is 5.92 Å². The minimum absolute atomic E-state index is 0.0988. The van der Waals surface area contributed by atoms with Crippen LogP contribution in [0.3, 0.4) is 0 Å². The van der Waals surface area contributed by atoms with Crippen LogP contribution < -0.4 is 10.0 Å². The van der Waals surface area contributed by atoms with Gasteiger partial charge in [-0.05, 0) is 49.9 Å². The lowest BCUT2D eigenvalue weighted by atomic mass is 10.2. The van der Waals surface area contributed by atoms with Crippen LogP contribution >= 0.6 is 15.9 Å². The average molecular weight is 375 g/mol. The molecule has 116 valence electrons. The van der Waals surface area contributed by atoms with Crippen LogP contribution in [0.15, 0.2) is 33.6 Å². The van der Waals surface area contributed by atoms with Gasteiger partial charge in [0.2, 0.25) is 15.9 Å². The number of rotatable bonds is 7. The molecule has 0 spiro atoms. The third-order valence-corrected chi connectivity index (χ3v) is 5.49. The van der Waals surface area contributed by atoms with Crippen molar-refractivity contribution >= 4 is 31.9 Å². The summed E-state index contributed by atoms with van der Waals surface area (Å²) >= 11 is 3.26. The van der Waals surface area contributed by atoms with Gasteiger partial charge in [0.1, 0.15) is 0 Å². The molecule has 1 saturated carbocycles. The average Bonchev–Trinajstić information content (AvgIpc) is 3.23. The van der Waals surface area contributed by atoms with Crippen molar-refractivity contribution in [3.8, 4) is 0 Å². The molecule has 0 saturated heterocycles. The van der Waals surface area contributed by atoms with Gasteiger partial charge in [0.05, 0.1) is 4.90 Å². The van der Waals surface area contributed by atoms with Crippen LogP contribution in [0.5, 0.6) is 0 Å². The van der Waals surface area contributed by atoms with Gasteiger partial charge in [0.15, 0.2) is 0 Å². The van der Waals surface area contributed by atoms with Crippen molar-refractivity contribution in [1.82, 2.24) is 10.0 Å². The van der Waals surface area contributed by atoms with Gasteiger partial charge in [-0.25, -0.2) is 13.1 Å². The number of nitrogens with one attached hydrogen (secondary N) is 2. The van der Waals surface area contributed by atoms with Crippen molar-refractivity contribution in [2.75, 3.05) is 6.54 Å². The molecule has 1 amide bonds. The molecule has 0 aromatic heterocycles. The van der Waals surface area contributed by atoms with E-state index in [4.69, 9.17) is 0 Å². The summed E-state index contributed by atoms with van der Waals surface area (Å²) in [6.07, 6.45) is 2.47. The molecule has 1 unspecified atom stereocenters. The molecule has 1 aromatic carbocycles. The molecule has 0 radical (unpaired) electrons. The number of amides is 1. The molecule has 7 heteroatoms. The Hall–Kier alpha value is -0.920. The summed E-state index contributed by atoms with van der Waals surface area (Å²) < 4.78 is 27.3. The van der Waals surface area contributed by atoms with Crippen LogP contribution in [0.1, 0.15) is 26.2 Å². The molecule has 0 aliphatic heterocycles.